The Hall–Kier alpha value is -1.81. The number of ketones is 1. The highest BCUT2D eigenvalue weighted by molar-refractivity contribution is 6.30. The number of rotatable bonds is 6. The molecule has 0 aromatic heterocycles. The average Bonchev–Trinajstić information content (AvgIpc) is 2.35. The number of Topliss-reactive ketones (excluding diaryl/α,β-unsaturated/α-hetero) is 1. The van der Waals surface area contributed by atoms with Crippen LogP contribution in [0.2, 0.25) is 5.02 Å². The second-order valence-corrected chi connectivity index (χ2v) is 5.06. The van der Waals surface area contributed by atoms with Crippen molar-refractivity contribution in [1.29, 1.82) is 0 Å². The summed E-state index contributed by atoms with van der Waals surface area (Å²) in [6.07, 6.45) is 1.71. The first-order valence-electron chi connectivity index (χ1n) is 6.17. The molecule has 0 radical (unpaired) electrons. The minimum Gasteiger partial charge on any atom is -0.459 e. The molecule has 0 saturated heterocycles. The zero-order valence-corrected chi connectivity index (χ0v) is 12.6. The molecule has 1 aromatic carbocycles. The molecule has 20 heavy (non-hydrogen) atoms. The van der Waals surface area contributed by atoms with Crippen molar-refractivity contribution in [3.63, 3.8) is 0 Å². The summed E-state index contributed by atoms with van der Waals surface area (Å²) in [6.45, 7) is 1.49. The van der Waals surface area contributed by atoms with Gasteiger partial charge in [0.25, 0.3) is 0 Å². The van der Waals surface area contributed by atoms with Crippen molar-refractivity contribution >= 4 is 29.4 Å². The van der Waals surface area contributed by atoms with Crippen LogP contribution < -0.4 is 0 Å². The number of benzene rings is 1. The van der Waals surface area contributed by atoms with Gasteiger partial charge in [0.15, 0.2) is 0 Å². The Bertz CT molecular complexity index is 506. The van der Waals surface area contributed by atoms with Crippen molar-refractivity contribution < 1.29 is 14.3 Å². The van der Waals surface area contributed by atoms with Crippen molar-refractivity contribution in [2.45, 2.75) is 13.3 Å². The summed E-state index contributed by atoms with van der Waals surface area (Å²) >= 11 is 5.83. The molecule has 1 rings (SSSR count). The van der Waals surface area contributed by atoms with E-state index in [1.54, 1.807) is 12.1 Å². The number of carbonyl (C=O) groups excluding carboxylic acids is 2. The molecule has 1 aromatic rings. The maximum absolute atomic E-state index is 11.4. The molecule has 0 aliphatic heterocycles. The minimum absolute atomic E-state index is 0.127. The standard InChI is InChI=1S/C15H18ClNO3/c1-11(18)8-15(19)20-10-14(17(2)3)9-12-4-6-13(16)7-5-12/h4-7,9H,8,10H2,1-3H3/b14-9+. The summed E-state index contributed by atoms with van der Waals surface area (Å²) in [4.78, 5) is 24.0. The summed E-state index contributed by atoms with van der Waals surface area (Å²) in [7, 11) is 3.72. The molecule has 0 spiro atoms. The molecule has 0 N–H and O–H groups in total. The molecule has 0 bridgehead atoms. The van der Waals surface area contributed by atoms with E-state index >= 15 is 0 Å². The van der Waals surface area contributed by atoms with Crippen molar-refractivity contribution in [2.24, 2.45) is 0 Å². The van der Waals surface area contributed by atoms with Gasteiger partial charge in [-0.05, 0) is 30.7 Å². The number of ether oxygens (including phenoxy) is 1. The van der Waals surface area contributed by atoms with E-state index in [4.69, 9.17) is 16.3 Å². The first kappa shape index (κ1) is 16.2. The molecule has 0 amide bonds. The fourth-order valence-corrected chi connectivity index (χ4v) is 1.59. The van der Waals surface area contributed by atoms with Crippen LogP contribution in [0, 0.1) is 0 Å². The van der Waals surface area contributed by atoms with Gasteiger partial charge < -0.3 is 9.64 Å². The van der Waals surface area contributed by atoms with Gasteiger partial charge in [0, 0.05) is 19.1 Å². The zero-order chi connectivity index (χ0) is 15.1. The van der Waals surface area contributed by atoms with Crippen LogP contribution in [0.4, 0.5) is 0 Å². The van der Waals surface area contributed by atoms with Crippen molar-refractivity contribution in [3.05, 3.63) is 40.5 Å². The molecule has 5 heteroatoms. The number of hydrogen-bond donors (Lipinski definition) is 0. The predicted octanol–water partition coefficient (Wildman–Crippen LogP) is 2.76. The molecule has 0 saturated carbocycles. The summed E-state index contributed by atoms with van der Waals surface area (Å²) in [5, 5.41) is 0.668. The quantitative estimate of drug-likeness (QED) is 0.598. The molecule has 4 nitrogen and oxygen atoms in total. The SMILES string of the molecule is CC(=O)CC(=O)OC/C(=C\c1ccc(Cl)cc1)N(C)C. The molecule has 0 atom stereocenters. The number of carbonyl (C=O) groups is 2. The molecule has 0 unspecified atom stereocenters. The zero-order valence-electron chi connectivity index (χ0n) is 11.9. The molecular weight excluding hydrogens is 278 g/mol. The Labute approximate surface area is 124 Å². The Morgan fingerprint density at radius 2 is 1.85 bits per heavy atom. The lowest BCUT2D eigenvalue weighted by molar-refractivity contribution is -0.145. The van der Waals surface area contributed by atoms with E-state index in [1.807, 2.05) is 37.2 Å². The van der Waals surface area contributed by atoms with Crippen molar-refractivity contribution in [1.82, 2.24) is 4.90 Å². The van der Waals surface area contributed by atoms with Gasteiger partial charge in [0.05, 0.1) is 5.70 Å². The summed E-state index contributed by atoms with van der Waals surface area (Å²) in [6, 6.07) is 7.34. The second kappa shape index (κ2) is 7.70. The third-order valence-electron chi connectivity index (χ3n) is 2.55. The fourth-order valence-electron chi connectivity index (χ4n) is 1.46. The van der Waals surface area contributed by atoms with Crippen LogP contribution in [0.15, 0.2) is 30.0 Å². The van der Waals surface area contributed by atoms with E-state index in [2.05, 4.69) is 0 Å². The summed E-state index contributed by atoms with van der Waals surface area (Å²) in [5.74, 6) is -0.718. The first-order valence-corrected chi connectivity index (χ1v) is 6.55. The van der Waals surface area contributed by atoms with Crippen LogP contribution in [0.3, 0.4) is 0 Å². The smallest absolute Gasteiger partial charge is 0.313 e. The van der Waals surface area contributed by atoms with Gasteiger partial charge in [-0.3, -0.25) is 9.59 Å². The first-order chi connectivity index (χ1) is 9.38. The van der Waals surface area contributed by atoms with Gasteiger partial charge in [0.1, 0.15) is 18.8 Å². The van der Waals surface area contributed by atoms with Gasteiger partial charge in [-0.1, -0.05) is 23.7 Å². The Morgan fingerprint density at radius 1 is 1.25 bits per heavy atom. The van der Waals surface area contributed by atoms with Crippen LogP contribution in [-0.2, 0) is 14.3 Å². The lowest BCUT2D eigenvalue weighted by atomic mass is 10.2. The Kier molecular flexibility index (Phi) is 6.25. The van der Waals surface area contributed by atoms with Gasteiger partial charge in [-0.15, -0.1) is 0 Å². The largest absolute Gasteiger partial charge is 0.459 e. The van der Waals surface area contributed by atoms with Crippen LogP contribution in [0.5, 0.6) is 0 Å². The maximum atomic E-state index is 11.4. The minimum atomic E-state index is -0.513. The average molecular weight is 296 g/mol. The monoisotopic (exact) mass is 295 g/mol. The van der Waals surface area contributed by atoms with Crippen LogP contribution >= 0.6 is 11.6 Å². The Morgan fingerprint density at radius 3 is 2.35 bits per heavy atom. The number of hydrogen-bond acceptors (Lipinski definition) is 4. The molecule has 0 aliphatic carbocycles. The molecular formula is C15H18ClNO3. The van der Waals surface area contributed by atoms with E-state index in [1.165, 1.54) is 6.92 Å². The van der Waals surface area contributed by atoms with E-state index in [0.717, 1.165) is 11.3 Å². The van der Waals surface area contributed by atoms with Crippen molar-refractivity contribution in [2.75, 3.05) is 20.7 Å². The molecule has 108 valence electrons. The topological polar surface area (TPSA) is 46.6 Å². The van der Waals surface area contributed by atoms with E-state index in [9.17, 15) is 9.59 Å². The van der Waals surface area contributed by atoms with Gasteiger partial charge in [-0.2, -0.15) is 0 Å². The maximum Gasteiger partial charge on any atom is 0.313 e. The van der Waals surface area contributed by atoms with Gasteiger partial charge in [0.2, 0.25) is 0 Å². The number of esters is 1. The third-order valence-corrected chi connectivity index (χ3v) is 2.80. The van der Waals surface area contributed by atoms with E-state index < -0.39 is 5.97 Å². The highest BCUT2D eigenvalue weighted by Crippen LogP contribution is 2.13. The fraction of sp³-hybridized carbons (Fsp3) is 0.333. The number of likely N-dealkylation sites (N-methyl/N-ethyl adjacent to an activating group) is 1. The lowest BCUT2D eigenvalue weighted by Crippen LogP contribution is -2.19. The number of halogens is 1. The normalized spacial score (nSPS) is 11.1. The molecule has 0 heterocycles. The number of nitrogens with zero attached hydrogens (tertiary/aromatic N) is 1. The van der Waals surface area contributed by atoms with Crippen molar-refractivity contribution in [3.8, 4) is 0 Å². The van der Waals surface area contributed by atoms with E-state index in [0.29, 0.717) is 5.02 Å². The molecule has 0 fully saturated rings. The molecule has 0 aliphatic rings. The van der Waals surface area contributed by atoms with Crippen LogP contribution in [0.1, 0.15) is 18.9 Å². The highest BCUT2D eigenvalue weighted by atomic mass is 35.5. The van der Waals surface area contributed by atoms with Gasteiger partial charge >= 0.3 is 5.97 Å². The Balaban J connectivity index is 2.71. The van der Waals surface area contributed by atoms with E-state index in [-0.39, 0.29) is 18.8 Å². The van der Waals surface area contributed by atoms with Gasteiger partial charge in [-0.25, -0.2) is 0 Å². The third kappa shape index (κ3) is 5.89. The van der Waals surface area contributed by atoms with Crippen LogP contribution in [0.25, 0.3) is 6.08 Å². The second-order valence-electron chi connectivity index (χ2n) is 4.62. The van der Waals surface area contributed by atoms with Crippen LogP contribution in [-0.4, -0.2) is 37.4 Å². The summed E-state index contributed by atoms with van der Waals surface area (Å²) in [5.41, 5.74) is 1.78. The highest BCUT2D eigenvalue weighted by Gasteiger charge is 2.09. The summed E-state index contributed by atoms with van der Waals surface area (Å²) < 4.78 is 5.08. The predicted molar refractivity (Wildman–Crippen MR) is 79.4 cm³/mol. The lowest BCUT2D eigenvalue weighted by Gasteiger charge is -2.17.